The highest BCUT2D eigenvalue weighted by Crippen LogP contribution is 2.25. The Morgan fingerprint density at radius 2 is 1.84 bits per heavy atom. The molecule has 0 heterocycles. The Morgan fingerprint density at radius 1 is 1.21 bits per heavy atom. The topological polar surface area (TPSA) is 20.3 Å². The van der Waals surface area contributed by atoms with Crippen molar-refractivity contribution in [2.45, 2.75) is 51.5 Å². The first-order valence-corrected chi connectivity index (χ1v) is 7.93. The van der Waals surface area contributed by atoms with Crippen LogP contribution < -0.4 is 0 Å². The van der Waals surface area contributed by atoms with Gasteiger partial charge in [0.05, 0.1) is 0 Å². The van der Waals surface area contributed by atoms with Crippen molar-refractivity contribution in [2.75, 3.05) is 7.05 Å². The van der Waals surface area contributed by atoms with Gasteiger partial charge in [-0.1, -0.05) is 47.7 Å². The number of hydrogen-bond acceptors (Lipinski definition) is 1. The van der Waals surface area contributed by atoms with E-state index in [0.717, 1.165) is 28.4 Å². The van der Waals surface area contributed by atoms with Crippen LogP contribution in [0, 0.1) is 6.92 Å². The van der Waals surface area contributed by atoms with Gasteiger partial charge >= 0.3 is 0 Å². The molecule has 104 valence electrons. The van der Waals surface area contributed by atoms with Crippen molar-refractivity contribution in [3.63, 3.8) is 0 Å². The molecule has 0 aromatic heterocycles. The van der Waals surface area contributed by atoms with Gasteiger partial charge in [-0.15, -0.1) is 0 Å². The predicted molar refractivity (Wildman–Crippen MR) is 82.5 cm³/mol. The minimum atomic E-state index is 0.158. The summed E-state index contributed by atoms with van der Waals surface area (Å²) in [6.45, 7) is 2.00. The van der Waals surface area contributed by atoms with Crippen molar-refractivity contribution >= 4 is 21.8 Å². The molecule has 1 aliphatic carbocycles. The number of carbonyl (C=O) groups is 1. The summed E-state index contributed by atoms with van der Waals surface area (Å²) in [7, 11) is 1.96. The lowest BCUT2D eigenvalue weighted by atomic mass is 10.0. The van der Waals surface area contributed by atoms with Gasteiger partial charge in [0.1, 0.15) is 0 Å². The van der Waals surface area contributed by atoms with Gasteiger partial charge in [-0.3, -0.25) is 4.79 Å². The zero-order chi connectivity index (χ0) is 13.8. The lowest BCUT2D eigenvalue weighted by Crippen LogP contribution is -2.37. The van der Waals surface area contributed by atoms with E-state index in [0.29, 0.717) is 6.04 Å². The van der Waals surface area contributed by atoms with Crippen LogP contribution in [-0.4, -0.2) is 23.9 Å². The quantitative estimate of drug-likeness (QED) is 0.731. The minimum absolute atomic E-state index is 0.158. The Kier molecular flexibility index (Phi) is 5.03. The van der Waals surface area contributed by atoms with Crippen LogP contribution in [0.5, 0.6) is 0 Å². The van der Waals surface area contributed by atoms with E-state index in [9.17, 15) is 4.79 Å². The van der Waals surface area contributed by atoms with Crippen molar-refractivity contribution in [2.24, 2.45) is 0 Å². The molecule has 1 aromatic carbocycles. The third-order valence-corrected chi connectivity index (χ3v) is 5.05. The Bertz CT molecular complexity index is 450. The zero-order valence-electron chi connectivity index (χ0n) is 11.8. The molecule has 0 bridgehead atoms. The first-order valence-electron chi connectivity index (χ1n) is 7.13. The monoisotopic (exact) mass is 323 g/mol. The molecule has 0 radical (unpaired) electrons. The van der Waals surface area contributed by atoms with Crippen LogP contribution >= 0.6 is 15.9 Å². The molecule has 0 saturated heterocycles. The third-order valence-electron chi connectivity index (χ3n) is 4.19. The van der Waals surface area contributed by atoms with E-state index < -0.39 is 0 Å². The van der Waals surface area contributed by atoms with Crippen LogP contribution in [0.1, 0.15) is 54.4 Å². The van der Waals surface area contributed by atoms with E-state index in [1.165, 1.54) is 25.7 Å². The average molecular weight is 324 g/mol. The normalized spacial score (nSPS) is 17.0. The highest BCUT2D eigenvalue weighted by molar-refractivity contribution is 9.10. The van der Waals surface area contributed by atoms with Gasteiger partial charge in [-0.2, -0.15) is 0 Å². The summed E-state index contributed by atoms with van der Waals surface area (Å²) >= 11 is 3.50. The van der Waals surface area contributed by atoms with Gasteiger partial charge in [0.15, 0.2) is 0 Å². The number of rotatable bonds is 2. The number of halogens is 1. The second kappa shape index (κ2) is 6.56. The van der Waals surface area contributed by atoms with Crippen molar-refractivity contribution in [3.8, 4) is 0 Å². The molecule has 0 aliphatic heterocycles. The molecule has 3 heteroatoms. The third kappa shape index (κ3) is 3.38. The molecule has 19 heavy (non-hydrogen) atoms. The maximum absolute atomic E-state index is 12.6. The lowest BCUT2D eigenvalue weighted by molar-refractivity contribution is 0.0717. The zero-order valence-corrected chi connectivity index (χ0v) is 13.4. The fourth-order valence-corrected chi connectivity index (χ4v) is 3.21. The van der Waals surface area contributed by atoms with Crippen LogP contribution in [-0.2, 0) is 0 Å². The molecule has 2 nitrogen and oxygen atoms in total. The maximum Gasteiger partial charge on any atom is 0.254 e. The Hall–Kier alpha value is -0.830. The predicted octanol–water partition coefficient (Wildman–Crippen LogP) is 4.55. The first-order chi connectivity index (χ1) is 9.11. The van der Waals surface area contributed by atoms with E-state index >= 15 is 0 Å². The van der Waals surface area contributed by atoms with Crippen molar-refractivity contribution in [1.29, 1.82) is 0 Å². The summed E-state index contributed by atoms with van der Waals surface area (Å²) in [4.78, 5) is 14.6. The number of nitrogens with zero attached hydrogens (tertiary/aromatic N) is 1. The van der Waals surface area contributed by atoms with Crippen LogP contribution in [0.15, 0.2) is 22.7 Å². The van der Waals surface area contributed by atoms with E-state index in [2.05, 4.69) is 15.9 Å². The van der Waals surface area contributed by atoms with Crippen LogP contribution in [0.2, 0.25) is 0 Å². The van der Waals surface area contributed by atoms with Crippen molar-refractivity contribution in [1.82, 2.24) is 4.90 Å². The largest absolute Gasteiger partial charge is 0.339 e. The molecule has 1 fully saturated rings. The Morgan fingerprint density at radius 3 is 2.47 bits per heavy atom. The standard InChI is InChI=1S/C16H22BrNO/c1-12-14(10-7-11-15(12)17)16(19)18(2)13-8-5-3-4-6-9-13/h7,10-11,13H,3-6,8-9H2,1-2H3. The van der Waals surface area contributed by atoms with E-state index in [4.69, 9.17) is 0 Å². The molecule has 1 saturated carbocycles. The Labute approximate surface area is 124 Å². The van der Waals surface area contributed by atoms with Crippen molar-refractivity contribution in [3.05, 3.63) is 33.8 Å². The van der Waals surface area contributed by atoms with Crippen LogP contribution in [0.25, 0.3) is 0 Å². The summed E-state index contributed by atoms with van der Waals surface area (Å²) in [5.74, 6) is 0.158. The molecule has 1 aromatic rings. The summed E-state index contributed by atoms with van der Waals surface area (Å²) in [5, 5.41) is 0. The molecule has 2 rings (SSSR count). The highest BCUT2D eigenvalue weighted by atomic mass is 79.9. The first kappa shape index (κ1) is 14.6. The number of amides is 1. The summed E-state index contributed by atoms with van der Waals surface area (Å²) in [6.07, 6.45) is 7.42. The van der Waals surface area contributed by atoms with Crippen LogP contribution in [0.3, 0.4) is 0 Å². The number of hydrogen-bond donors (Lipinski definition) is 0. The van der Waals surface area contributed by atoms with E-state index in [-0.39, 0.29) is 5.91 Å². The second-order valence-electron chi connectivity index (χ2n) is 5.47. The van der Waals surface area contributed by atoms with Gasteiger partial charge in [0.25, 0.3) is 5.91 Å². The molecule has 1 amide bonds. The molecular formula is C16H22BrNO. The average Bonchev–Trinajstić information content (AvgIpc) is 2.69. The molecule has 1 aliphatic rings. The van der Waals surface area contributed by atoms with Gasteiger partial charge in [0, 0.05) is 23.1 Å². The molecule has 0 atom stereocenters. The number of benzene rings is 1. The SMILES string of the molecule is Cc1c(Br)cccc1C(=O)N(C)C1CCCCCC1. The summed E-state index contributed by atoms with van der Waals surface area (Å²) in [6, 6.07) is 6.26. The molecular weight excluding hydrogens is 302 g/mol. The summed E-state index contributed by atoms with van der Waals surface area (Å²) in [5.41, 5.74) is 1.86. The molecule has 0 N–H and O–H groups in total. The lowest BCUT2D eigenvalue weighted by Gasteiger charge is -2.28. The minimum Gasteiger partial charge on any atom is -0.339 e. The fourth-order valence-electron chi connectivity index (χ4n) is 2.84. The Balaban J connectivity index is 2.15. The molecule has 0 unspecified atom stereocenters. The van der Waals surface area contributed by atoms with Crippen LogP contribution in [0.4, 0.5) is 0 Å². The van der Waals surface area contributed by atoms with Crippen molar-refractivity contribution < 1.29 is 4.79 Å². The maximum atomic E-state index is 12.6. The molecule has 0 spiro atoms. The fraction of sp³-hybridized carbons (Fsp3) is 0.562. The van der Waals surface area contributed by atoms with Gasteiger partial charge < -0.3 is 4.90 Å². The van der Waals surface area contributed by atoms with Gasteiger partial charge in [-0.25, -0.2) is 0 Å². The van der Waals surface area contributed by atoms with E-state index in [1.54, 1.807) is 0 Å². The van der Waals surface area contributed by atoms with E-state index in [1.807, 2.05) is 37.1 Å². The van der Waals surface area contributed by atoms with Gasteiger partial charge in [-0.05, 0) is 37.5 Å². The summed E-state index contributed by atoms with van der Waals surface area (Å²) < 4.78 is 1.01. The smallest absolute Gasteiger partial charge is 0.254 e. The van der Waals surface area contributed by atoms with Gasteiger partial charge in [0.2, 0.25) is 0 Å². The highest BCUT2D eigenvalue weighted by Gasteiger charge is 2.23. The second-order valence-corrected chi connectivity index (χ2v) is 6.33. The number of carbonyl (C=O) groups excluding carboxylic acids is 1.